The summed E-state index contributed by atoms with van der Waals surface area (Å²) in [7, 11) is 2.59. The molecule has 2 heterocycles. The van der Waals surface area contributed by atoms with Crippen LogP contribution in [-0.2, 0) is 48.0 Å². The molecular weight excluding hydrogens is 1050 g/mol. The highest BCUT2D eigenvalue weighted by Crippen LogP contribution is 2.43. The predicted octanol–water partition coefficient (Wildman–Crippen LogP) is 9.52. The Balaban J connectivity index is 0.000000213. The number of nitrogens with two attached hydrogens (primary N) is 1. The lowest BCUT2D eigenvalue weighted by Gasteiger charge is -2.27. The molecule has 2 aliphatic heterocycles. The number of benzene rings is 6. The van der Waals surface area contributed by atoms with E-state index in [4.69, 9.17) is 24.9 Å². The Kier molecular flexibility index (Phi) is 15.3. The first-order chi connectivity index (χ1) is 33.8. The molecule has 0 bridgehead atoms. The molecule has 364 valence electrons. The number of halogens is 4. The van der Waals surface area contributed by atoms with Crippen LogP contribution in [0.1, 0.15) is 74.9 Å². The van der Waals surface area contributed by atoms with Gasteiger partial charge in [-0.15, -0.1) is 0 Å². The van der Waals surface area contributed by atoms with Crippen LogP contribution >= 0.6 is 31.9 Å². The zero-order valence-electron chi connectivity index (χ0n) is 38.9. The molecule has 6 aromatic rings. The summed E-state index contributed by atoms with van der Waals surface area (Å²) < 4.78 is 44.0. The Morgan fingerprint density at radius 1 is 0.606 bits per heavy atom. The van der Waals surface area contributed by atoms with E-state index in [0.717, 1.165) is 4.47 Å². The van der Waals surface area contributed by atoms with Crippen LogP contribution < -0.4 is 11.1 Å². The minimum atomic E-state index is -1.64. The average molecular weight is 1090 g/mol. The van der Waals surface area contributed by atoms with Gasteiger partial charge in [-0.1, -0.05) is 105 Å². The summed E-state index contributed by atoms with van der Waals surface area (Å²) in [6, 6.07) is 38.7. The van der Waals surface area contributed by atoms with Gasteiger partial charge in [0.15, 0.2) is 17.0 Å². The number of nitrogens with one attached hydrogen (secondary N) is 1. The van der Waals surface area contributed by atoms with E-state index < -0.39 is 52.3 Å². The maximum Gasteiger partial charge on any atom is 0.414 e. The van der Waals surface area contributed by atoms with Gasteiger partial charge in [-0.2, -0.15) is 0 Å². The quantitative estimate of drug-likeness (QED) is 0.0997. The van der Waals surface area contributed by atoms with Crippen molar-refractivity contribution < 1.29 is 47.0 Å². The van der Waals surface area contributed by atoms with Crippen molar-refractivity contribution in [2.75, 3.05) is 14.2 Å². The van der Waals surface area contributed by atoms with Gasteiger partial charge in [-0.3, -0.25) is 24.7 Å². The molecular formula is C53H46Br2F2N6O8. The van der Waals surface area contributed by atoms with Crippen LogP contribution in [0.15, 0.2) is 165 Å². The maximum absolute atomic E-state index is 14.4. The molecule has 6 aromatic carbocycles. The zero-order chi connectivity index (χ0) is 51.3. The molecule has 2 unspecified atom stereocenters. The third kappa shape index (κ3) is 11.1. The van der Waals surface area contributed by atoms with E-state index in [-0.39, 0.29) is 30.9 Å². The molecule has 18 heteroatoms. The molecule has 2 aliphatic rings. The fourth-order valence-electron chi connectivity index (χ4n) is 8.02. The van der Waals surface area contributed by atoms with E-state index in [1.165, 1.54) is 72.6 Å². The maximum atomic E-state index is 14.4. The fraction of sp³-hybridized carbons (Fsp3) is 0.189. The van der Waals surface area contributed by atoms with Gasteiger partial charge >= 0.3 is 18.0 Å². The average Bonchev–Trinajstić information content (AvgIpc) is 3.76. The number of guanidine groups is 2. The Hall–Kier alpha value is -7.57. The van der Waals surface area contributed by atoms with Gasteiger partial charge in [0.05, 0.1) is 38.4 Å². The number of carbonyl (C=O) groups excluding carboxylic acids is 5. The summed E-state index contributed by atoms with van der Waals surface area (Å²) in [6.45, 7) is 5.23. The lowest BCUT2D eigenvalue weighted by atomic mass is 9.83. The number of ether oxygens (including phenoxy) is 3. The number of hydrogen-bond acceptors (Lipinski definition) is 11. The van der Waals surface area contributed by atoms with E-state index in [9.17, 15) is 32.8 Å². The van der Waals surface area contributed by atoms with Crippen molar-refractivity contribution in [3.05, 3.63) is 211 Å². The molecule has 8 rings (SSSR count). The van der Waals surface area contributed by atoms with E-state index >= 15 is 0 Å². The van der Waals surface area contributed by atoms with Gasteiger partial charge in [0, 0.05) is 8.95 Å². The second kappa shape index (κ2) is 21.2. The third-order valence-electron chi connectivity index (χ3n) is 11.2. The number of carbonyl (C=O) groups is 5. The number of alkyl carbamates (subject to hydrolysis) is 1. The molecule has 0 fully saturated rings. The molecule has 3 amide bonds. The summed E-state index contributed by atoms with van der Waals surface area (Å²) in [6.07, 6.45) is -0.800. The first kappa shape index (κ1) is 51.3. The molecule has 14 nitrogen and oxygen atoms in total. The van der Waals surface area contributed by atoms with Gasteiger partial charge in [0.2, 0.25) is 5.96 Å². The van der Waals surface area contributed by atoms with E-state index in [1.807, 2.05) is 6.07 Å². The van der Waals surface area contributed by atoms with Crippen LogP contribution in [0.5, 0.6) is 0 Å². The highest BCUT2D eigenvalue weighted by Gasteiger charge is 2.53. The molecule has 0 saturated carbocycles. The topological polar surface area (TPSA) is 182 Å². The summed E-state index contributed by atoms with van der Waals surface area (Å²) in [4.78, 5) is 77.1. The largest absolute Gasteiger partial charge is 0.465 e. The van der Waals surface area contributed by atoms with E-state index in [1.54, 1.807) is 112 Å². The first-order valence-corrected chi connectivity index (χ1v) is 23.3. The van der Waals surface area contributed by atoms with Crippen LogP contribution in [0.3, 0.4) is 0 Å². The third-order valence-corrected chi connectivity index (χ3v) is 12.2. The molecule has 2 atom stereocenters. The molecule has 0 radical (unpaired) electrons. The summed E-state index contributed by atoms with van der Waals surface area (Å²) >= 11 is 6.90. The second-order valence-corrected chi connectivity index (χ2v) is 19.0. The smallest absolute Gasteiger partial charge is 0.414 e. The van der Waals surface area contributed by atoms with Crippen LogP contribution in [-0.4, -0.2) is 71.4 Å². The van der Waals surface area contributed by atoms with Crippen molar-refractivity contribution >= 4 is 73.6 Å². The predicted molar refractivity (Wildman–Crippen MR) is 268 cm³/mol. The van der Waals surface area contributed by atoms with Crippen molar-refractivity contribution in [3.8, 4) is 0 Å². The van der Waals surface area contributed by atoms with Crippen molar-refractivity contribution in [3.63, 3.8) is 0 Å². The number of hydrogen-bond donors (Lipinski definition) is 2. The number of amides is 3. The first-order valence-electron chi connectivity index (χ1n) is 21.8. The summed E-state index contributed by atoms with van der Waals surface area (Å²) in [5.41, 5.74) is 6.28. The van der Waals surface area contributed by atoms with Gasteiger partial charge in [-0.25, -0.2) is 33.1 Å². The molecule has 3 N–H and O–H groups in total. The Bertz CT molecular complexity index is 3090. The highest BCUT2D eigenvalue weighted by molar-refractivity contribution is 9.10. The van der Waals surface area contributed by atoms with Crippen LogP contribution in [0.2, 0.25) is 0 Å². The van der Waals surface area contributed by atoms with Crippen LogP contribution in [0, 0.1) is 11.6 Å². The molecule has 71 heavy (non-hydrogen) atoms. The Morgan fingerprint density at radius 2 is 1.03 bits per heavy atom. The zero-order valence-corrected chi connectivity index (χ0v) is 42.1. The summed E-state index contributed by atoms with van der Waals surface area (Å²) in [5, 5.41) is 2.62. The molecule has 0 aromatic heterocycles. The van der Waals surface area contributed by atoms with Crippen molar-refractivity contribution in [1.82, 2.24) is 15.1 Å². The van der Waals surface area contributed by atoms with Gasteiger partial charge < -0.3 is 19.9 Å². The number of methoxy groups -OCH3 is 2. The number of esters is 2. The molecule has 0 spiro atoms. The standard InChI is InChI=1S/C29H27BrFN3O5.C24H19BrFN3O3/c1-28(2,3)39-27(37)32-26-33-29(20-11-13-23(31)14-12-20,21-9-6-10-22(30)16-21)25(36)34(26)17-18-7-5-8-19(15-18)24(35)38-4;1-32-21(30)16-5-2-4-15(12-16)14-29-22(31)24(28-23(29)27,17-8-10-20(26)11-9-17)18-6-3-7-19(25)13-18/h5-16H,17H2,1-4H3,(H,32,33,37);2-13H,14H2,1H3,(H2,27,28). The highest BCUT2D eigenvalue weighted by atomic mass is 79.9. The minimum Gasteiger partial charge on any atom is -0.465 e. The Morgan fingerprint density at radius 3 is 1.46 bits per heavy atom. The molecule has 0 saturated heterocycles. The minimum absolute atomic E-state index is 0.0303. The van der Waals surface area contributed by atoms with Crippen LogP contribution in [0.25, 0.3) is 0 Å². The van der Waals surface area contributed by atoms with Gasteiger partial charge in [0.25, 0.3) is 11.8 Å². The van der Waals surface area contributed by atoms with E-state index in [0.29, 0.717) is 49.0 Å². The second-order valence-electron chi connectivity index (χ2n) is 17.2. The molecule has 0 aliphatic carbocycles. The van der Waals surface area contributed by atoms with Crippen LogP contribution in [0.4, 0.5) is 13.6 Å². The van der Waals surface area contributed by atoms with E-state index in [2.05, 4.69) is 42.2 Å². The SMILES string of the molecule is COC(=O)c1cccc(CN2C(=O)C(c3ccc(F)cc3)(c3cccc(Br)c3)N=C2N)c1.COC(=O)c1cccc(CN2C(=O)C(c3ccc(F)cc3)(c3cccc(Br)c3)N=C2NC(=O)OC(C)(C)C)c1. The Labute approximate surface area is 424 Å². The normalized spacial score (nSPS) is 17.4. The fourth-order valence-corrected chi connectivity index (χ4v) is 8.82. The lowest BCUT2D eigenvalue weighted by Crippen LogP contribution is -2.47. The number of aliphatic imine (C=N–C) groups is 2. The van der Waals surface area contributed by atoms with Crippen molar-refractivity contribution in [2.45, 2.75) is 50.5 Å². The van der Waals surface area contributed by atoms with Crippen molar-refractivity contribution in [1.29, 1.82) is 0 Å². The number of rotatable bonds is 10. The van der Waals surface area contributed by atoms with Crippen molar-refractivity contribution in [2.24, 2.45) is 15.7 Å². The lowest BCUT2D eigenvalue weighted by molar-refractivity contribution is -0.131. The van der Waals surface area contributed by atoms with Gasteiger partial charge in [0.1, 0.15) is 17.2 Å². The monoisotopic (exact) mass is 1090 g/mol. The number of nitrogens with zero attached hydrogens (tertiary/aromatic N) is 4. The summed E-state index contributed by atoms with van der Waals surface area (Å²) in [5.74, 6) is -2.77. The van der Waals surface area contributed by atoms with Gasteiger partial charge in [-0.05, 0) is 127 Å².